The van der Waals surface area contributed by atoms with E-state index in [1.165, 1.54) is 55.3 Å². The second kappa shape index (κ2) is 10.1. The lowest BCUT2D eigenvalue weighted by Gasteiger charge is -2.31. The van der Waals surface area contributed by atoms with Gasteiger partial charge in [-0.15, -0.1) is 10.2 Å². The van der Waals surface area contributed by atoms with Gasteiger partial charge < -0.3 is 4.42 Å². The van der Waals surface area contributed by atoms with Crippen molar-refractivity contribution in [2.24, 2.45) is 0 Å². The van der Waals surface area contributed by atoms with Crippen LogP contribution in [0.25, 0.3) is 17.1 Å². The minimum Gasteiger partial charge on any atom is -0.444 e. The van der Waals surface area contributed by atoms with Gasteiger partial charge in [-0.2, -0.15) is 0 Å². The highest BCUT2D eigenvalue weighted by atomic mass is 32.2. The lowest BCUT2D eigenvalue weighted by Crippen LogP contribution is -2.33. The van der Waals surface area contributed by atoms with Gasteiger partial charge in [0.1, 0.15) is 17.9 Å². The third-order valence-corrected chi connectivity index (χ3v) is 7.01. The molecular weight excluding hydrogens is 456 g/mol. The fraction of sp³-hybridized carbons (Fsp3) is 0.320. The molecule has 1 aliphatic rings. The van der Waals surface area contributed by atoms with Crippen molar-refractivity contribution >= 4 is 11.8 Å². The molecule has 0 unspecified atom stereocenters. The van der Waals surface area contributed by atoms with Crippen molar-refractivity contribution in [3.63, 3.8) is 0 Å². The van der Waals surface area contributed by atoms with Gasteiger partial charge in [0.25, 0.3) is 0 Å². The van der Waals surface area contributed by atoms with E-state index in [9.17, 15) is 8.78 Å². The van der Waals surface area contributed by atoms with Crippen LogP contribution in [0.3, 0.4) is 0 Å². The summed E-state index contributed by atoms with van der Waals surface area (Å²) in [6, 6.07) is 12.5. The summed E-state index contributed by atoms with van der Waals surface area (Å²) in [5.41, 5.74) is 2.27. The van der Waals surface area contributed by atoms with E-state index in [-0.39, 0.29) is 17.7 Å². The molecular formula is C25H25F2N5OS. The van der Waals surface area contributed by atoms with Gasteiger partial charge in [-0.05, 0) is 81.4 Å². The Morgan fingerprint density at radius 3 is 2.32 bits per heavy atom. The van der Waals surface area contributed by atoms with E-state index in [0.717, 1.165) is 30.3 Å². The van der Waals surface area contributed by atoms with E-state index in [4.69, 9.17) is 4.42 Å². The van der Waals surface area contributed by atoms with Crippen LogP contribution in [0.4, 0.5) is 8.78 Å². The molecule has 3 heterocycles. The summed E-state index contributed by atoms with van der Waals surface area (Å²) in [6.45, 7) is 4.21. The normalized spacial score (nSPS) is 15.5. The maximum atomic E-state index is 13.6. The van der Waals surface area contributed by atoms with E-state index >= 15 is 0 Å². The zero-order valence-electron chi connectivity index (χ0n) is 18.8. The van der Waals surface area contributed by atoms with E-state index in [0.29, 0.717) is 22.4 Å². The van der Waals surface area contributed by atoms with E-state index in [1.54, 1.807) is 30.5 Å². The molecule has 1 fully saturated rings. The number of oxazole rings is 1. The van der Waals surface area contributed by atoms with Crippen molar-refractivity contribution < 1.29 is 13.2 Å². The number of thioether (sulfide) groups is 1. The molecule has 5 rings (SSSR count). The maximum Gasteiger partial charge on any atom is 0.226 e. The topological polar surface area (TPSA) is 60.0 Å². The van der Waals surface area contributed by atoms with Gasteiger partial charge in [-0.25, -0.2) is 13.8 Å². The molecule has 2 aromatic carbocycles. The first-order chi connectivity index (χ1) is 16.6. The van der Waals surface area contributed by atoms with Gasteiger partial charge in [0.2, 0.25) is 5.89 Å². The second-order valence-electron chi connectivity index (χ2n) is 8.36. The van der Waals surface area contributed by atoms with Crippen LogP contribution < -0.4 is 0 Å². The quantitative estimate of drug-likeness (QED) is 0.300. The van der Waals surface area contributed by atoms with Crippen LogP contribution in [0.15, 0.2) is 64.4 Å². The summed E-state index contributed by atoms with van der Waals surface area (Å²) in [6.07, 6.45) is 5.21. The summed E-state index contributed by atoms with van der Waals surface area (Å²) in [7, 11) is 0. The van der Waals surface area contributed by atoms with Crippen molar-refractivity contribution in [3.8, 4) is 17.1 Å². The van der Waals surface area contributed by atoms with Crippen LogP contribution in [0.2, 0.25) is 0 Å². The largest absolute Gasteiger partial charge is 0.444 e. The highest BCUT2D eigenvalue weighted by Crippen LogP contribution is 2.31. The van der Waals surface area contributed by atoms with Gasteiger partial charge >= 0.3 is 0 Å². The molecule has 176 valence electrons. The number of likely N-dealkylation sites (tertiary alicyclic amines) is 1. The van der Waals surface area contributed by atoms with Gasteiger partial charge in [-0.3, -0.25) is 9.47 Å². The number of nitrogens with zero attached hydrogens (tertiary/aromatic N) is 5. The highest BCUT2D eigenvalue weighted by Gasteiger charge is 2.25. The van der Waals surface area contributed by atoms with Crippen LogP contribution in [-0.4, -0.2) is 37.7 Å². The molecule has 0 saturated carbocycles. The van der Waals surface area contributed by atoms with Crippen molar-refractivity contribution in [1.82, 2.24) is 24.6 Å². The molecule has 9 heteroatoms. The predicted octanol–water partition coefficient (Wildman–Crippen LogP) is 6.04. The molecule has 1 saturated heterocycles. The lowest BCUT2D eigenvalue weighted by molar-refractivity contribution is 0.167. The fourth-order valence-corrected chi connectivity index (χ4v) is 5.02. The SMILES string of the molecule is C[C@@H](c1nnc(SCc2coc(-c3ccc(F)cc3)n2)n1-c1ccc(F)cc1)N1CCCCC1. The summed E-state index contributed by atoms with van der Waals surface area (Å²) < 4.78 is 34.4. The average molecular weight is 482 g/mol. The number of hydrogen-bond acceptors (Lipinski definition) is 6. The fourth-order valence-electron chi connectivity index (χ4n) is 4.18. The summed E-state index contributed by atoms with van der Waals surface area (Å²) in [5, 5.41) is 9.72. The lowest BCUT2D eigenvalue weighted by atomic mass is 10.1. The Labute approximate surface area is 201 Å². The zero-order chi connectivity index (χ0) is 23.5. The number of piperidine rings is 1. The second-order valence-corrected chi connectivity index (χ2v) is 9.31. The third kappa shape index (κ3) is 4.90. The Kier molecular flexibility index (Phi) is 6.73. The Balaban J connectivity index is 1.39. The van der Waals surface area contributed by atoms with Crippen molar-refractivity contribution in [3.05, 3.63) is 77.9 Å². The predicted molar refractivity (Wildman–Crippen MR) is 127 cm³/mol. The van der Waals surface area contributed by atoms with E-state index in [2.05, 4.69) is 27.0 Å². The molecule has 0 radical (unpaired) electrons. The molecule has 0 bridgehead atoms. The third-order valence-electron chi connectivity index (χ3n) is 6.05. The standard InChI is InChI=1S/C25H25F2N5OS/c1-17(31-13-3-2-4-14-31)23-29-30-25(32(23)22-11-9-20(27)10-12-22)34-16-21-15-33-24(28-21)18-5-7-19(26)8-6-18/h5-12,15,17H,2-4,13-14,16H2,1H3/t17-/m0/s1. The Morgan fingerprint density at radius 1 is 0.941 bits per heavy atom. The summed E-state index contributed by atoms with van der Waals surface area (Å²) in [5.74, 6) is 1.20. The van der Waals surface area contributed by atoms with Crippen molar-refractivity contribution in [1.29, 1.82) is 0 Å². The van der Waals surface area contributed by atoms with Crippen molar-refractivity contribution in [2.45, 2.75) is 43.1 Å². The van der Waals surface area contributed by atoms with E-state index in [1.807, 2.05) is 4.57 Å². The molecule has 34 heavy (non-hydrogen) atoms. The minimum atomic E-state index is -0.305. The number of halogens is 2. The molecule has 4 aromatic rings. The first-order valence-corrected chi connectivity index (χ1v) is 12.4. The summed E-state index contributed by atoms with van der Waals surface area (Å²) >= 11 is 1.49. The van der Waals surface area contributed by atoms with Crippen LogP contribution >= 0.6 is 11.8 Å². The number of hydrogen-bond donors (Lipinski definition) is 0. The molecule has 1 atom stereocenters. The molecule has 0 amide bonds. The van der Waals surface area contributed by atoms with Crippen LogP contribution in [0.1, 0.15) is 43.7 Å². The van der Waals surface area contributed by atoms with Gasteiger partial charge in [-0.1, -0.05) is 18.2 Å². The Hall–Kier alpha value is -3.04. The van der Waals surface area contributed by atoms with E-state index < -0.39 is 0 Å². The smallest absolute Gasteiger partial charge is 0.226 e. The molecule has 1 aliphatic heterocycles. The van der Waals surface area contributed by atoms with Crippen molar-refractivity contribution in [2.75, 3.05) is 13.1 Å². The first kappa shape index (κ1) is 22.7. The first-order valence-electron chi connectivity index (χ1n) is 11.4. The molecule has 0 spiro atoms. The number of aromatic nitrogens is 4. The van der Waals surface area contributed by atoms with Crippen LogP contribution in [0.5, 0.6) is 0 Å². The molecule has 6 nitrogen and oxygen atoms in total. The Morgan fingerprint density at radius 2 is 1.62 bits per heavy atom. The van der Waals surface area contributed by atoms with Crippen LogP contribution in [0, 0.1) is 11.6 Å². The molecule has 0 N–H and O–H groups in total. The average Bonchev–Trinajstić information content (AvgIpc) is 3.51. The van der Waals surface area contributed by atoms with Gasteiger partial charge in [0, 0.05) is 17.0 Å². The summed E-state index contributed by atoms with van der Waals surface area (Å²) in [4.78, 5) is 6.95. The molecule has 2 aromatic heterocycles. The number of benzene rings is 2. The molecule has 0 aliphatic carbocycles. The Bertz CT molecular complexity index is 1230. The number of rotatable bonds is 7. The monoisotopic (exact) mass is 481 g/mol. The van der Waals surface area contributed by atoms with Crippen LogP contribution in [-0.2, 0) is 5.75 Å². The maximum absolute atomic E-state index is 13.6. The zero-order valence-corrected chi connectivity index (χ0v) is 19.6. The van der Waals surface area contributed by atoms with Gasteiger partial charge in [0.05, 0.1) is 11.7 Å². The highest BCUT2D eigenvalue weighted by molar-refractivity contribution is 7.98. The van der Waals surface area contributed by atoms with Gasteiger partial charge in [0.15, 0.2) is 11.0 Å². The minimum absolute atomic E-state index is 0.0873.